The number of nitrogens with one attached hydrogen (secondary N) is 1. The number of furan rings is 1. The number of hydrogen-bond donors (Lipinski definition) is 1. The molecule has 2 aromatic carbocycles. The molecule has 3 aromatic rings. The number of hydrogen-bond acceptors (Lipinski definition) is 2. The molecule has 0 aliphatic rings. The van der Waals surface area contributed by atoms with Crippen LogP contribution in [-0.2, 0) is 6.54 Å². The Kier molecular flexibility index (Phi) is 4.79. The molecule has 23 heavy (non-hydrogen) atoms. The summed E-state index contributed by atoms with van der Waals surface area (Å²) in [4.78, 5) is 0. The average molecular weight is 391 g/mol. The molecule has 1 N–H and O–H groups in total. The van der Waals surface area contributed by atoms with Gasteiger partial charge in [-0.1, -0.05) is 39.7 Å². The largest absolute Gasteiger partial charge is 0.459 e. The highest BCUT2D eigenvalue weighted by atomic mass is 79.9. The zero-order valence-electron chi connectivity index (χ0n) is 13.0. The quantitative estimate of drug-likeness (QED) is 0.543. The molecule has 118 valence electrons. The molecule has 3 rings (SSSR count). The van der Waals surface area contributed by atoms with Crippen molar-refractivity contribution < 1.29 is 4.42 Å². The van der Waals surface area contributed by atoms with Gasteiger partial charge in [-0.05, 0) is 61.4 Å². The van der Waals surface area contributed by atoms with Crippen LogP contribution in [0.3, 0.4) is 0 Å². The normalized spacial score (nSPS) is 10.8. The van der Waals surface area contributed by atoms with Crippen molar-refractivity contribution in [3.8, 4) is 11.3 Å². The highest BCUT2D eigenvalue weighted by Gasteiger charge is 2.07. The van der Waals surface area contributed by atoms with Gasteiger partial charge in [-0.25, -0.2) is 0 Å². The highest BCUT2D eigenvalue weighted by molar-refractivity contribution is 9.10. The van der Waals surface area contributed by atoms with Gasteiger partial charge in [0.1, 0.15) is 11.5 Å². The van der Waals surface area contributed by atoms with E-state index in [-0.39, 0.29) is 0 Å². The minimum absolute atomic E-state index is 0.620. The summed E-state index contributed by atoms with van der Waals surface area (Å²) in [6, 6.07) is 16.1. The van der Waals surface area contributed by atoms with Crippen LogP contribution < -0.4 is 5.32 Å². The van der Waals surface area contributed by atoms with Crippen LogP contribution in [0.5, 0.6) is 0 Å². The van der Waals surface area contributed by atoms with E-state index in [1.807, 2.05) is 49.4 Å². The van der Waals surface area contributed by atoms with E-state index in [0.29, 0.717) is 6.54 Å². The van der Waals surface area contributed by atoms with Crippen LogP contribution in [-0.4, -0.2) is 0 Å². The maximum Gasteiger partial charge on any atom is 0.134 e. The van der Waals surface area contributed by atoms with Crippen LogP contribution in [0.2, 0.25) is 5.02 Å². The SMILES string of the molecule is Cc1ccc(NCc2ccc(-c3ccc(Br)c(C)c3)o2)cc1Cl. The third-order valence-corrected chi connectivity index (χ3v) is 5.04. The number of rotatable bonds is 4. The molecule has 0 bridgehead atoms. The van der Waals surface area contributed by atoms with Crippen LogP contribution in [0.4, 0.5) is 5.69 Å². The zero-order valence-corrected chi connectivity index (χ0v) is 15.3. The van der Waals surface area contributed by atoms with Crippen LogP contribution in [0.15, 0.2) is 57.4 Å². The van der Waals surface area contributed by atoms with E-state index in [1.165, 1.54) is 5.56 Å². The lowest BCUT2D eigenvalue weighted by Crippen LogP contribution is -1.98. The number of anilines is 1. The van der Waals surface area contributed by atoms with Crippen LogP contribution in [0, 0.1) is 13.8 Å². The first-order valence-corrected chi connectivity index (χ1v) is 8.55. The Balaban J connectivity index is 1.71. The fraction of sp³-hybridized carbons (Fsp3) is 0.158. The zero-order chi connectivity index (χ0) is 16.4. The van der Waals surface area contributed by atoms with Crippen molar-refractivity contribution in [3.05, 3.63) is 74.9 Å². The van der Waals surface area contributed by atoms with Crippen LogP contribution >= 0.6 is 27.5 Å². The van der Waals surface area contributed by atoms with E-state index in [9.17, 15) is 0 Å². The second kappa shape index (κ2) is 6.81. The van der Waals surface area contributed by atoms with E-state index in [4.69, 9.17) is 16.0 Å². The molecule has 0 amide bonds. The fourth-order valence-corrected chi connectivity index (χ4v) is 2.75. The molecule has 2 nitrogen and oxygen atoms in total. The lowest BCUT2D eigenvalue weighted by atomic mass is 10.1. The molecule has 4 heteroatoms. The van der Waals surface area contributed by atoms with Gasteiger partial charge >= 0.3 is 0 Å². The molecule has 0 aliphatic carbocycles. The predicted molar refractivity (Wildman–Crippen MR) is 100 cm³/mol. The molecule has 0 fully saturated rings. The van der Waals surface area contributed by atoms with E-state index < -0.39 is 0 Å². The maximum atomic E-state index is 6.14. The Hall–Kier alpha value is -1.71. The lowest BCUT2D eigenvalue weighted by Gasteiger charge is -2.06. The summed E-state index contributed by atoms with van der Waals surface area (Å²) in [7, 11) is 0. The standard InChI is InChI=1S/C19H17BrClNO/c1-12-3-5-15(10-18(12)21)22-11-16-6-8-19(23-16)14-4-7-17(20)13(2)9-14/h3-10,22H,11H2,1-2H3. The van der Waals surface area contributed by atoms with Gasteiger partial charge in [0.25, 0.3) is 0 Å². The van der Waals surface area contributed by atoms with E-state index >= 15 is 0 Å². The monoisotopic (exact) mass is 389 g/mol. The summed E-state index contributed by atoms with van der Waals surface area (Å²) >= 11 is 9.66. The summed E-state index contributed by atoms with van der Waals surface area (Å²) in [5.74, 6) is 1.76. The summed E-state index contributed by atoms with van der Waals surface area (Å²) in [6.45, 7) is 4.68. The van der Waals surface area contributed by atoms with E-state index in [1.54, 1.807) is 0 Å². The Morgan fingerprint density at radius 2 is 1.83 bits per heavy atom. The van der Waals surface area contributed by atoms with Crippen LogP contribution in [0.1, 0.15) is 16.9 Å². The maximum absolute atomic E-state index is 6.14. The lowest BCUT2D eigenvalue weighted by molar-refractivity contribution is 0.531. The smallest absolute Gasteiger partial charge is 0.134 e. The summed E-state index contributed by atoms with van der Waals surface area (Å²) in [6.07, 6.45) is 0. The topological polar surface area (TPSA) is 25.2 Å². The van der Waals surface area contributed by atoms with Gasteiger partial charge in [0.15, 0.2) is 0 Å². The number of halogens is 2. The third-order valence-electron chi connectivity index (χ3n) is 3.74. The predicted octanol–water partition coefficient (Wildman–Crippen LogP) is 6.59. The van der Waals surface area contributed by atoms with Gasteiger partial charge in [0.2, 0.25) is 0 Å². The van der Waals surface area contributed by atoms with Crippen molar-refractivity contribution in [2.75, 3.05) is 5.32 Å². The van der Waals surface area contributed by atoms with Crippen molar-refractivity contribution >= 4 is 33.2 Å². The first-order valence-electron chi connectivity index (χ1n) is 7.38. The summed E-state index contributed by atoms with van der Waals surface area (Å²) < 4.78 is 7.03. The van der Waals surface area contributed by atoms with E-state index in [2.05, 4.69) is 34.2 Å². The third kappa shape index (κ3) is 3.80. The first-order chi connectivity index (χ1) is 11.0. The molecule has 0 radical (unpaired) electrons. The van der Waals surface area contributed by atoms with Gasteiger partial charge in [0.05, 0.1) is 6.54 Å². The Bertz CT molecular complexity index is 841. The molecule has 0 saturated carbocycles. The minimum atomic E-state index is 0.620. The Labute approximate surface area is 149 Å². The first kappa shape index (κ1) is 16.2. The molecular formula is C19H17BrClNO. The second-order valence-corrected chi connectivity index (χ2v) is 6.81. The second-order valence-electron chi connectivity index (χ2n) is 5.55. The number of benzene rings is 2. The molecular weight excluding hydrogens is 374 g/mol. The molecule has 0 atom stereocenters. The highest BCUT2D eigenvalue weighted by Crippen LogP contribution is 2.27. The van der Waals surface area contributed by atoms with Gasteiger partial charge in [-0.2, -0.15) is 0 Å². The van der Waals surface area contributed by atoms with Crippen molar-refractivity contribution in [2.24, 2.45) is 0 Å². The number of aryl methyl sites for hydroxylation is 2. The van der Waals surface area contributed by atoms with Gasteiger partial charge in [0, 0.05) is 20.7 Å². The Morgan fingerprint density at radius 1 is 1.00 bits per heavy atom. The van der Waals surface area contributed by atoms with E-state index in [0.717, 1.165) is 37.8 Å². The molecule has 0 spiro atoms. The van der Waals surface area contributed by atoms with Crippen molar-refractivity contribution in [1.82, 2.24) is 0 Å². The molecule has 1 heterocycles. The molecule has 0 saturated heterocycles. The van der Waals surface area contributed by atoms with Crippen molar-refractivity contribution in [3.63, 3.8) is 0 Å². The molecule has 0 unspecified atom stereocenters. The molecule has 1 aromatic heterocycles. The van der Waals surface area contributed by atoms with Crippen molar-refractivity contribution in [2.45, 2.75) is 20.4 Å². The Morgan fingerprint density at radius 3 is 2.57 bits per heavy atom. The minimum Gasteiger partial charge on any atom is -0.459 e. The average Bonchev–Trinajstić information content (AvgIpc) is 3.00. The van der Waals surface area contributed by atoms with Gasteiger partial charge in [-0.3, -0.25) is 0 Å². The van der Waals surface area contributed by atoms with Crippen molar-refractivity contribution in [1.29, 1.82) is 0 Å². The van der Waals surface area contributed by atoms with Gasteiger partial charge in [-0.15, -0.1) is 0 Å². The van der Waals surface area contributed by atoms with Crippen LogP contribution in [0.25, 0.3) is 11.3 Å². The molecule has 0 aliphatic heterocycles. The summed E-state index contributed by atoms with van der Waals surface area (Å²) in [5.41, 5.74) is 4.32. The fourth-order valence-electron chi connectivity index (χ4n) is 2.32. The summed E-state index contributed by atoms with van der Waals surface area (Å²) in [5, 5.41) is 4.09. The van der Waals surface area contributed by atoms with Gasteiger partial charge < -0.3 is 9.73 Å².